The van der Waals surface area contributed by atoms with Gasteiger partial charge in [-0.1, -0.05) is 13.8 Å². The number of aromatic nitrogens is 2. The number of hydrogen-bond acceptors (Lipinski definition) is 5. The van der Waals surface area contributed by atoms with E-state index in [1.165, 1.54) is 6.20 Å². The van der Waals surface area contributed by atoms with Crippen LogP contribution >= 0.6 is 0 Å². The van der Waals surface area contributed by atoms with E-state index in [-0.39, 0.29) is 4.90 Å². The minimum absolute atomic E-state index is 0.207. The topological polar surface area (TPSA) is 85.2 Å². The maximum Gasteiger partial charge on any atom is 0.243 e. The van der Waals surface area contributed by atoms with Crippen LogP contribution in [-0.2, 0) is 21.3 Å². The number of ether oxygens (including phenoxy) is 1. The van der Waals surface area contributed by atoms with Crippen LogP contribution in [-0.4, -0.2) is 51.0 Å². The number of hydrogen-bond donors (Lipinski definition) is 2. The fourth-order valence-electron chi connectivity index (χ4n) is 1.73. The molecule has 2 N–H and O–H groups in total. The van der Waals surface area contributed by atoms with Gasteiger partial charge in [-0.15, -0.1) is 0 Å². The summed E-state index contributed by atoms with van der Waals surface area (Å²) in [4.78, 5) is 0.207. The number of nitrogens with zero attached hydrogens (tertiary/aromatic N) is 2. The Hall–Kier alpha value is -0.960. The third kappa shape index (κ3) is 7.03. The molecule has 7 nitrogen and oxygen atoms in total. The summed E-state index contributed by atoms with van der Waals surface area (Å²) in [6.07, 6.45) is 4.52. The van der Waals surface area contributed by atoms with Gasteiger partial charge in [-0.2, -0.15) is 5.10 Å². The second-order valence-electron chi connectivity index (χ2n) is 5.15. The summed E-state index contributed by atoms with van der Waals surface area (Å²) >= 11 is 0. The lowest BCUT2D eigenvalue weighted by Gasteiger charge is -2.07. The molecule has 0 saturated heterocycles. The average Bonchev–Trinajstić information content (AvgIpc) is 2.87. The van der Waals surface area contributed by atoms with Crippen molar-refractivity contribution in [2.75, 3.05) is 26.8 Å². The highest BCUT2D eigenvalue weighted by Gasteiger charge is 2.15. The summed E-state index contributed by atoms with van der Waals surface area (Å²) < 4.78 is 33.2. The van der Waals surface area contributed by atoms with Crippen LogP contribution in [0, 0.1) is 0 Å². The van der Waals surface area contributed by atoms with E-state index in [9.17, 15) is 8.42 Å². The summed E-state index contributed by atoms with van der Waals surface area (Å²) in [5.41, 5.74) is 0. The zero-order valence-electron chi connectivity index (χ0n) is 13.0. The Kier molecular flexibility index (Phi) is 7.87. The summed E-state index contributed by atoms with van der Waals surface area (Å²) in [6.45, 7) is 6.57. The van der Waals surface area contributed by atoms with Gasteiger partial charge in [0, 0.05) is 39.0 Å². The van der Waals surface area contributed by atoms with E-state index < -0.39 is 10.0 Å². The lowest BCUT2D eigenvalue weighted by atomic mass is 10.3. The van der Waals surface area contributed by atoms with Gasteiger partial charge >= 0.3 is 0 Å². The van der Waals surface area contributed by atoms with Crippen molar-refractivity contribution in [2.45, 2.75) is 44.2 Å². The van der Waals surface area contributed by atoms with Crippen molar-refractivity contribution < 1.29 is 13.2 Å². The lowest BCUT2D eigenvalue weighted by Crippen LogP contribution is -2.27. The maximum atomic E-state index is 12.0. The minimum Gasteiger partial charge on any atom is -0.385 e. The average molecular weight is 318 g/mol. The number of sulfonamides is 1. The van der Waals surface area contributed by atoms with Gasteiger partial charge in [-0.25, -0.2) is 13.1 Å². The molecule has 0 amide bonds. The van der Waals surface area contributed by atoms with E-state index >= 15 is 0 Å². The molecule has 0 aliphatic heterocycles. The van der Waals surface area contributed by atoms with Crippen molar-refractivity contribution in [2.24, 2.45) is 0 Å². The van der Waals surface area contributed by atoms with Gasteiger partial charge in [-0.3, -0.25) is 4.68 Å². The molecule has 21 heavy (non-hydrogen) atoms. The van der Waals surface area contributed by atoms with Gasteiger partial charge in [0.15, 0.2) is 0 Å². The second kappa shape index (κ2) is 9.14. The molecule has 0 aliphatic rings. The van der Waals surface area contributed by atoms with Crippen LogP contribution in [0.5, 0.6) is 0 Å². The van der Waals surface area contributed by atoms with Crippen LogP contribution < -0.4 is 10.0 Å². The van der Waals surface area contributed by atoms with E-state index in [1.54, 1.807) is 18.0 Å². The van der Waals surface area contributed by atoms with Crippen LogP contribution in [0.3, 0.4) is 0 Å². The highest BCUT2D eigenvalue weighted by molar-refractivity contribution is 7.89. The Morgan fingerprint density at radius 1 is 1.33 bits per heavy atom. The molecule has 0 saturated carbocycles. The van der Waals surface area contributed by atoms with E-state index in [0.29, 0.717) is 25.7 Å². The van der Waals surface area contributed by atoms with Crippen LogP contribution in [0.2, 0.25) is 0 Å². The molecular weight excluding hydrogens is 292 g/mol. The first-order chi connectivity index (χ1) is 9.95. The number of rotatable bonds is 11. The van der Waals surface area contributed by atoms with Crippen molar-refractivity contribution in [3.8, 4) is 0 Å². The van der Waals surface area contributed by atoms with Crippen molar-refractivity contribution in [1.82, 2.24) is 19.8 Å². The Bertz CT molecular complexity index is 499. The molecule has 0 radical (unpaired) electrons. The molecule has 1 rings (SSSR count). The molecule has 8 heteroatoms. The van der Waals surface area contributed by atoms with Crippen molar-refractivity contribution in [1.29, 1.82) is 0 Å². The van der Waals surface area contributed by atoms with Crippen LogP contribution in [0.1, 0.15) is 26.7 Å². The lowest BCUT2D eigenvalue weighted by molar-refractivity contribution is 0.193. The Morgan fingerprint density at radius 3 is 2.76 bits per heavy atom. The van der Waals surface area contributed by atoms with Gasteiger partial charge < -0.3 is 10.1 Å². The predicted octanol–water partition coefficient (Wildman–Crippen LogP) is 0.586. The third-order valence-corrected chi connectivity index (χ3v) is 4.30. The van der Waals surface area contributed by atoms with E-state index in [0.717, 1.165) is 19.4 Å². The zero-order chi connectivity index (χ0) is 15.7. The van der Waals surface area contributed by atoms with Crippen molar-refractivity contribution in [3.63, 3.8) is 0 Å². The first kappa shape index (κ1) is 18.1. The molecule has 0 unspecified atom stereocenters. The van der Waals surface area contributed by atoms with E-state index in [4.69, 9.17) is 4.74 Å². The van der Waals surface area contributed by atoms with Gasteiger partial charge in [0.25, 0.3) is 0 Å². The SMILES string of the molecule is COCCCCNS(=O)(=O)c1cnn(CCNC(C)C)c1. The zero-order valence-corrected chi connectivity index (χ0v) is 13.8. The molecule has 0 aromatic carbocycles. The molecule has 0 aliphatic carbocycles. The molecule has 0 atom stereocenters. The van der Waals surface area contributed by atoms with Crippen LogP contribution in [0.25, 0.3) is 0 Å². The van der Waals surface area contributed by atoms with E-state index in [2.05, 4.69) is 29.0 Å². The highest BCUT2D eigenvalue weighted by atomic mass is 32.2. The number of nitrogens with one attached hydrogen (secondary N) is 2. The molecule has 0 fully saturated rings. The third-order valence-electron chi connectivity index (χ3n) is 2.88. The number of methoxy groups -OCH3 is 1. The fraction of sp³-hybridized carbons (Fsp3) is 0.769. The van der Waals surface area contributed by atoms with Crippen LogP contribution in [0.4, 0.5) is 0 Å². The monoisotopic (exact) mass is 318 g/mol. The predicted molar refractivity (Wildman–Crippen MR) is 81.7 cm³/mol. The normalized spacial score (nSPS) is 12.2. The first-order valence-corrected chi connectivity index (χ1v) is 8.68. The molecule has 0 bridgehead atoms. The Labute approximate surface area is 127 Å². The fourth-order valence-corrected chi connectivity index (χ4v) is 2.76. The van der Waals surface area contributed by atoms with Gasteiger partial charge in [0.1, 0.15) is 4.90 Å². The van der Waals surface area contributed by atoms with Crippen molar-refractivity contribution >= 4 is 10.0 Å². The molecule has 0 spiro atoms. The minimum atomic E-state index is -3.46. The smallest absolute Gasteiger partial charge is 0.243 e. The Morgan fingerprint density at radius 2 is 2.10 bits per heavy atom. The highest BCUT2D eigenvalue weighted by Crippen LogP contribution is 2.06. The summed E-state index contributed by atoms with van der Waals surface area (Å²) in [7, 11) is -1.83. The molecule has 1 aromatic rings. The second-order valence-corrected chi connectivity index (χ2v) is 6.91. The quantitative estimate of drug-likeness (QED) is 0.583. The van der Waals surface area contributed by atoms with Gasteiger partial charge in [0.2, 0.25) is 10.0 Å². The summed E-state index contributed by atoms with van der Waals surface area (Å²) in [5, 5.41) is 7.33. The summed E-state index contributed by atoms with van der Waals surface area (Å²) in [6, 6.07) is 0.400. The summed E-state index contributed by atoms with van der Waals surface area (Å²) in [5.74, 6) is 0. The molecule has 1 aromatic heterocycles. The van der Waals surface area contributed by atoms with Crippen LogP contribution in [0.15, 0.2) is 17.3 Å². The number of unbranched alkanes of at least 4 members (excludes halogenated alkanes) is 1. The van der Waals surface area contributed by atoms with Gasteiger partial charge in [0.05, 0.1) is 12.7 Å². The Balaban J connectivity index is 2.42. The molecule has 122 valence electrons. The van der Waals surface area contributed by atoms with Gasteiger partial charge in [-0.05, 0) is 12.8 Å². The van der Waals surface area contributed by atoms with E-state index in [1.807, 2.05) is 0 Å². The molecular formula is C13H26N4O3S. The first-order valence-electron chi connectivity index (χ1n) is 7.20. The maximum absolute atomic E-state index is 12.0. The van der Waals surface area contributed by atoms with Crippen molar-refractivity contribution in [3.05, 3.63) is 12.4 Å². The molecule has 1 heterocycles. The standard InChI is InChI=1S/C13H26N4O3S/c1-12(2)14-7-8-17-11-13(10-15-17)21(18,19)16-6-4-5-9-20-3/h10-12,14,16H,4-9H2,1-3H3. The largest absolute Gasteiger partial charge is 0.385 e.